The molecule has 0 aliphatic carbocycles. The number of anilines is 1. The lowest BCUT2D eigenvalue weighted by molar-refractivity contribution is -0.385. The summed E-state index contributed by atoms with van der Waals surface area (Å²) in [4.78, 5) is 35.3. The first-order valence-corrected chi connectivity index (χ1v) is 10.4. The van der Waals surface area contributed by atoms with Crippen LogP contribution in [0.5, 0.6) is 0 Å². The molecule has 0 fully saturated rings. The molecule has 0 bridgehead atoms. The first-order chi connectivity index (χ1) is 15.7. The van der Waals surface area contributed by atoms with Gasteiger partial charge in [0.1, 0.15) is 0 Å². The Hall–Kier alpha value is -3.75. The summed E-state index contributed by atoms with van der Waals surface area (Å²) in [5, 5.41) is 18.5. The molecule has 0 heterocycles. The van der Waals surface area contributed by atoms with Crippen LogP contribution in [0.2, 0.25) is 10.0 Å². The molecular weight excluding hydrogens is 467 g/mol. The van der Waals surface area contributed by atoms with Gasteiger partial charge in [-0.05, 0) is 55.8 Å². The Morgan fingerprint density at radius 3 is 2.24 bits per heavy atom. The van der Waals surface area contributed by atoms with Gasteiger partial charge in [-0.15, -0.1) is 0 Å². The summed E-state index contributed by atoms with van der Waals surface area (Å²) in [6, 6.07) is 15.6. The number of benzene rings is 3. The van der Waals surface area contributed by atoms with Gasteiger partial charge in [-0.25, -0.2) is 5.43 Å². The van der Waals surface area contributed by atoms with Crippen LogP contribution in [0.4, 0.5) is 11.4 Å². The van der Waals surface area contributed by atoms with Crippen LogP contribution in [0.3, 0.4) is 0 Å². The summed E-state index contributed by atoms with van der Waals surface area (Å²) in [6.07, 6.45) is 0. The monoisotopic (exact) mass is 484 g/mol. The van der Waals surface area contributed by atoms with E-state index in [0.717, 1.165) is 0 Å². The molecule has 0 saturated carbocycles. The number of hydrogen-bond acceptors (Lipinski definition) is 5. The Labute approximate surface area is 199 Å². The molecule has 0 radical (unpaired) electrons. The highest BCUT2D eigenvalue weighted by Gasteiger charge is 2.15. The topological polar surface area (TPSA) is 114 Å². The summed E-state index contributed by atoms with van der Waals surface area (Å²) >= 11 is 11.9. The summed E-state index contributed by atoms with van der Waals surface area (Å²) < 4.78 is 0. The minimum Gasteiger partial charge on any atom is -0.322 e. The predicted octanol–water partition coefficient (Wildman–Crippen LogP) is 5.62. The first kappa shape index (κ1) is 23.9. The second-order valence-corrected chi connectivity index (χ2v) is 7.90. The van der Waals surface area contributed by atoms with Crippen LogP contribution in [0.25, 0.3) is 0 Å². The number of hydrazone groups is 1. The summed E-state index contributed by atoms with van der Waals surface area (Å²) in [5.74, 6) is -0.949. The Morgan fingerprint density at radius 1 is 0.939 bits per heavy atom. The number of carbonyl (C=O) groups excluding carboxylic acids is 2. The van der Waals surface area contributed by atoms with Crippen LogP contribution in [0.15, 0.2) is 65.8 Å². The number of nitro benzene ring substituents is 1. The van der Waals surface area contributed by atoms with Gasteiger partial charge >= 0.3 is 0 Å². The lowest BCUT2D eigenvalue weighted by Gasteiger charge is -2.08. The summed E-state index contributed by atoms with van der Waals surface area (Å²) in [5.41, 5.74) is 4.88. The van der Waals surface area contributed by atoms with Gasteiger partial charge in [-0.3, -0.25) is 19.7 Å². The Morgan fingerprint density at radius 2 is 1.61 bits per heavy atom. The average Bonchev–Trinajstić information content (AvgIpc) is 2.77. The van der Waals surface area contributed by atoms with Crippen molar-refractivity contribution >= 4 is 52.1 Å². The fraction of sp³-hybridized carbons (Fsp3) is 0.0870. The maximum Gasteiger partial charge on any atom is 0.273 e. The van der Waals surface area contributed by atoms with Crippen LogP contribution in [-0.2, 0) is 0 Å². The first-order valence-electron chi connectivity index (χ1n) is 9.62. The predicted molar refractivity (Wildman–Crippen MR) is 128 cm³/mol. The van der Waals surface area contributed by atoms with Gasteiger partial charge in [0.05, 0.1) is 21.2 Å². The molecule has 0 aromatic heterocycles. The molecule has 0 aliphatic rings. The molecule has 0 saturated heterocycles. The Kier molecular flexibility index (Phi) is 7.42. The van der Waals surface area contributed by atoms with Crippen LogP contribution >= 0.6 is 23.2 Å². The maximum atomic E-state index is 12.4. The second kappa shape index (κ2) is 10.2. The van der Waals surface area contributed by atoms with Crippen LogP contribution in [0, 0.1) is 17.0 Å². The minimum absolute atomic E-state index is 0.128. The standard InChI is InChI=1S/C23H18Cl2N4O4/c1-13-3-4-16(11-21(13)29(32)33)22(30)28-27-14(2)15-5-8-18(9-6-15)26-23(31)19-10-7-17(24)12-20(19)25/h3-12H,1-2H3,(H,26,31)(H,28,30)/b27-14-. The number of halogens is 2. The Bertz CT molecular complexity index is 1270. The zero-order valence-electron chi connectivity index (χ0n) is 17.6. The van der Waals surface area contributed by atoms with E-state index < -0.39 is 10.8 Å². The zero-order chi connectivity index (χ0) is 24.1. The van der Waals surface area contributed by atoms with Crippen molar-refractivity contribution in [3.8, 4) is 0 Å². The smallest absolute Gasteiger partial charge is 0.273 e. The number of amides is 2. The van der Waals surface area contributed by atoms with Crippen LogP contribution < -0.4 is 10.7 Å². The van der Waals surface area contributed by atoms with E-state index in [0.29, 0.717) is 33.1 Å². The molecule has 3 aromatic carbocycles. The largest absolute Gasteiger partial charge is 0.322 e. The number of hydrogen-bond donors (Lipinski definition) is 2. The van der Waals surface area contributed by atoms with Crippen molar-refractivity contribution in [3.63, 3.8) is 0 Å². The maximum absolute atomic E-state index is 12.4. The molecule has 8 nitrogen and oxygen atoms in total. The second-order valence-electron chi connectivity index (χ2n) is 7.05. The van der Waals surface area contributed by atoms with Crippen LogP contribution in [-0.4, -0.2) is 22.4 Å². The van der Waals surface area contributed by atoms with E-state index in [4.69, 9.17) is 23.2 Å². The minimum atomic E-state index is -0.568. The molecule has 0 atom stereocenters. The van der Waals surface area contributed by atoms with E-state index in [-0.39, 0.29) is 22.2 Å². The number of nitrogens with zero attached hydrogens (tertiary/aromatic N) is 2. The molecule has 2 N–H and O–H groups in total. The number of nitrogens with one attached hydrogen (secondary N) is 2. The van der Waals surface area contributed by atoms with Crippen molar-refractivity contribution in [3.05, 3.63) is 103 Å². The third kappa shape index (κ3) is 5.94. The molecule has 33 heavy (non-hydrogen) atoms. The molecule has 0 spiro atoms. The Balaban J connectivity index is 1.66. The van der Waals surface area contributed by atoms with E-state index in [1.165, 1.54) is 30.3 Å². The van der Waals surface area contributed by atoms with E-state index in [1.54, 1.807) is 44.2 Å². The summed E-state index contributed by atoms with van der Waals surface area (Å²) in [6.45, 7) is 3.29. The average molecular weight is 485 g/mol. The van der Waals surface area contributed by atoms with Crippen molar-refractivity contribution in [1.82, 2.24) is 5.43 Å². The van der Waals surface area contributed by atoms with E-state index in [1.807, 2.05) is 0 Å². The van der Waals surface area contributed by atoms with Crippen LogP contribution in [0.1, 0.15) is 38.8 Å². The van der Waals surface area contributed by atoms with Gasteiger partial charge in [0.25, 0.3) is 17.5 Å². The van der Waals surface area contributed by atoms with Crippen molar-refractivity contribution < 1.29 is 14.5 Å². The van der Waals surface area contributed by atoms with Crippen molar-refractivity contribution in [2.24, 2.45) is 5.10 Å². The third-order valence-corrected chi connectivity index (χ3v) is 5.28. The fourth-order valence-corrected chi connectivity index (χ4v) is 3.37. The number of nitro groups is 1. The van der Waals surface area contributed by atoms with Gasteiger partial charge in [-0.2, -0.15) is 5.10 Å². The van der Waals surface area contributed by atoms with E-state index in [2.05, 4.69) is 15.8 Å². The quantitative estimate of drug-likeness (QED) is 0.268. The highest BCUT2D eigenvalue weighted by atomic mass is 35.5. The lowest BCUT2D eigenvalue weighted by atomic mass is 10.1. The molecule has 168 valence electrons. The molecule has 3 rings (SSSR count). The number of aryl methyl sites for hydroxylation is 1. The van der Waals surface area contributed by atoms with Gasteiger partial charge in [0.15, 0.2) is 0 Å². The highest BCUT2D eigenvalue weighted by Crippen LogP contribution is 2.22. The third-order valence-electron chi connectivity index (χ3n) is 4.73. The lowest BCUT2D eigenvalue weighted by Crippen LogP contribution is -2.19. The van der Waals surface area contributed by atoms with Crippen molar-refractivity contribution in [1.29, 1.82) is 0 Å². The number of carbonyl (C=O) groups is 2. The van der Waals surface area contributed by atoms with Gasteiger partial charge in [0, 0.05) is 27.9 Å². The molecule has 10 heteroatoms. The van der Waals surface area contributed by atoms with Gasteiger partial charge < -0.3 is 5.32 Å². The molecule has 2 amide bonds. The summed E-state index contributed by atoms with van der Waals surface area (Å²) in [7, 11) is 0. The molecule has 3 aromatic rings. The van der Waals surface area contributed by atoms with Gasteiger partial charge in [-0.1, -0.05) is 41.4 Å². The fourth-order valence-electron chi connectivity index (χ4n) is 2.88. The van der Waals surface area contributed by atoms with Gasteiger partial charge in [0.2, 0.25) is 0 Å². The highest BCUT2D eigenvalue weighted by molar-refractivity contribution is 6.37. The molecule has 0 aliphatic heterocycles. The zero-order valence-corrected chi connectivity index (χ0v) is 19.1. The van der Waals surface area contributed by atoms with E-state index in [9.17, 15) is 19.7 Å². The van der Waals surface area contributed by atoms with Crippen molar-refractivity contribution in [2.75, 3.05) is 5.32 Å². The van der Waals surface area contributed by atoms with Crippen molar-refractivity contribution in [2.45, 2.75) is 13.8 Å². The molecule has 0 unspecified atom stereocenters. The number of rotatable bonds is 6. The van der Waals surface area contributed by atoms with E-state index >= 15 is 0 Å². The SMILES string of the molecule is C/C(=N/NC(=O)c1ccc(C)c([N+](=O)[O-])c1)c1ccc(NC(=O)c2ccc(Cl)cc2Cl)cc1. The molecular formula is C23H18Cl2N4O4. The normalized spacial score (nSPS) is 11.1.